The number of unbranched alkanes of at least 4 members (excludes halogenated alkanes) is 41. The van der Waals surface area contributed by atoms with Crippen LogP contribution in [-0.4, -0.2) is 41.0 Å². The van der Waals surface area contributed by atoms with Crippen molar-refractivity contribution in [2.24, 2.45) is 0 Å². The fourth-order valence-corrected chi connectivity index (χ4v) is 8.98. The molecule has 0 bridgehead atoms. The summed E-state index contributed by atoms with van der Waals surface area (Å²) in [6.45, 7) is 3.74. The van der Waals surface area contributed by atoms with Crippen molar-refractivity contribution in [2.75, 3.05) is 13.2 Å². The molecule has 0 heterocycles. The first-order valence-electron chi connectivity index (χ1n) is 28.0. The summed E-state index contributed by atoms with van der Waals surface area (Å²) in [4.78, 5) is 43.2. The third-order valence-corrected chi connectivity index (χ3v) is 13.3. The lowest BCUT2D eigenvalue weighted by molar-refractivity contribution is -0.161. The second kappa shape index (κ2) is 51.2. The first-order valence-corrected chi connectivity index (χ1v) is 29.5. The Labute approximate surface area is 397 Å². The van der Waals surface area contributed by atoms with Gasteiger partial charge in [-0.05, 0) is 32.1 Å². The van der Waals surface area contributed by atoms with Crippen molar-refractivity contribution in [2.45, 2.75) is 315 Å². The van der Waals surface area contributed by atoms with Gasteiger partial charge in [0.05, 0.1) is 6.61 Å². The van der Waals surface area contributed by atoms with Crippen LogP contribution in [0.3, 0.4) is 0 Å². The minimum Gasteiger partial charge on any atom is -0.462 e. The topological polar surface area (TPSA) is 119 Å². The molecule has 0 aliphatic rings. The van der Waals surface area contributed by atoms with E-state index in [0.717, 1.165) is 32.1 Å². The zero-order valence-corrected chi connectivity index (χ0v) is 43.4. The molecule has 0 rings (SSSR count). The molecule has 1 atom stereocenters. The van der Waals surface area contributed by atoms with Gasteiger partial charge in [0, 0.05) is 12.8 Å². The zero-order chi connectivity index (χ0) is 46.7. The molecule has 9 heteroatoms. The molecule has 0 aromatic rings. The number of phosphoric ester groups is 1. The van der Waals surface area contributed by atoms with Crippen LogP contribution in [0, 0.1) is 0 Å². The van der Waals surface area contributed by atoms with E-state index >= 15 is 0 Å². The number of esters is 2. The monoisotopic (exact) mass is 927 g/mol. The highest BCUT2D eigenvalue weighted by Crippen LogP contribution is 2.36. The van der Waals surface area contributed by atoms with Crippen LogP contribution >= 0.6 is 7.82 Å². The number of carbonyl (C=O) groups is 2. The van der Waals surface area contributed by atoms with Crippen molar-refractivity contribution in [1.82, 2.24) is 0 Å². The van der Waals surface area contributed by atoms with Crippen LogP contribution in [0.4, 0.5) is 0 Å². The molecule has 0 aromatic carbocycles. The highest BCUT2D eigenvalue weighted by atomic mass is 31.2. The van der Waals surface area contributed by atoms with Crippen LogP contribution in [0.2, 0.25) is 0 Å². The molecule has 0 unspecified atom stereocenters. The maximum absolute atomic E-state index is 12.5. The summed E-state index contributed by atoms with van der Waals surface area (Å²) in [5, 5.41) is 0. The molecule has 0 radical (unpaired) electrons. The second-order valence-corrected chi connectivity index (χ2v) is 20.5. The van der Waals surface area contributed by atoms with Gasteiger partial charge in [0.25, 0.3) is 0 Å². The number of hydrogen-bond donors (Lipinski definition) is 2. The quantitative estimate of drug-likeness (QED) is 0.0268. The van der Waals surface area contributed by atoms with Gasteiger partial charge in [0.1, 0.15) is 6.61 Å². The van der Waals surface area contributed by atoms with Gasteiger partial charge in [-0.1, -0.05) is 276 Å². The second-order valence-electron chi connectivity index (χ2n) is 19.3. The van der Waals surface area contributed by atoms with Gasteiger partial charge in [-0.15, -0.1) is 0 Å². The summed E-state index contributed by atoms with van der Waals surface area (Å²) in [5.74, 6) is -0.900. The van der Waals surface area contributed by atoms with Crippen LogP contribution in [0.1, 0.15) is 309 Å². The summed E-state index contributed by atoms with van der Waals surface area (Å²) >= 11 is 0. The first-order chi connectivity index (χ1) is 31.3. The number of carbonyl (C=O) groups excluding carboxylic acids is 2. The van der Waals surface area contributed by atoms with Crippen LogP contribution in [0.25, 0.3) is 0 Å². The molecular weight excluding hydrogens is 820 g/mol. The van der Waals surface area contributed by atoms with Gasteiger partial charge in [-0.2, -0.15) is 0 Å². The minimum absolute atomic E-state index is 0.170. The lowest BCUT2D eigenvalue weighted by atomic mass is 10.0. The van der Waals surface area contributed by atoms with E-state index in [1.165, 1.54) is 244 Å². The Hall–Kier alpha value is -1.21. The Bertz CT molecular complexity index is 1050. The normalized spacial score (nSPS) is 12.4. The molecule has 0 amide bonds. The van der Waals surface area contributed by atoms with E-state index in [-0.39, 0.29) is 19.4 Å². The smallest absolute Gasteiger partial charge is 0.462 e. The number of phosphoric acid groups is 1. The molecule has 0 saturated carbocycles. The molecule has 0 aliphatic carbocycles. The van der Waals surface area contributed by atoms with Crippen molar-refractivity contribution in [3.05, 3.63) is 12.2 Å². The van der Waals surface area contributed by atoms with Gasteiger partial charge in [-0.25, -0.2) is 4.57 Å². The molecule has 8 nitrogen and oxygen atoms in total. The molecule has 64 heavy (non-hydrogen) atoms. The Morgan fingerprint density at radius 3 is 1.00 bits per heavy atom. The summed E-state index contributed by atoms with van der Waals surface area (Å²) in [5.41, 5.74) is 0. The van der Waals surface area contributed by atoms with Gasteiger partial charge in [0.2, 0.25) is 0 Å². The van der Waals surface area contributed by atoms with Gasteiger partial charge in [-0.3, -0.25) is 14.1 Å². The summed E-state index contributed by atoms with van der Waals surface area (Å²) in [7, 11) is -4.76. The van der Waals surface area contributed by atoms with E-state index < -0.39 is 32.5 Å². The van der Waals surface area contributed by atoms with E-state index in [4.69, 9.17) is 19.3 Å². The molecular formula is C55H107O8P. The molecule has 380 valence electrons. The predicted octanol–water partition coefficient (Wildman–Crippen LogP) is 18.1. The van der Waals surface area contributed by atoms with Crippen molar-refractivity contribution < 1.29 is 37.9 Å². The van der Waals surface area contributed by atoms with Crippen LogP contribution in [0.5, 0.6) is 0 Å². The number of ether oxygens (including phenoxy) is 2. The SMILES string of the molecule is CCCCCCCCCCCCCCCCCCCC/C=C/CCCC(=O)O[C@H](COC(=O)CCCCCCCCCCCCCCCCCCCCCCCCC)COP(=O)(O)O. The van der Waals surface area contributed by atoms with Crippen molar-refractivity contribution in [3.63, 3.8) is 0 Å². The van der Waals surface area contributed by atoms with Crippen molar-refractivity contribution in [3.8, 4) is 0 Å². The Morgan fingerprint density at radius 1 is 0.391 bits per heavy atom. The van der Waals surface area contributed by atoms with Gasteiger partial charge < -0.3 is 19.3 Å². The zero-order valence-electron chi connectivity index (χ0n) is 42.5. The highest BCUT2D eigenvalue weighted by molar-refractivity contribution is 7.46. The average molecular weight is 927 g/mol. The lowest BCUT2D eigenvalue weighted by Gasteiger charge is -2.18. The first kappa shape index (κ1) is 62.8. The molecule has 0 aromatic heterocycles. The van der Waals surface area contributed by atoms with E-state index in [2.05, 4.69) is 30.5 Å². The van der Waals surface area contributed by atoms with Crippen LogP contribution in [0.15, 0.2) is 12.2 Å². The molecule has 0 aliphatic heterocycles. The van der Waals surface area contributed by atoms with Gasteiger partial charge in [0.15, 0.2) is 6.10 Å². The maximum atomic E-state index is 12.5. The Kier molecular flexibility index (Phi) is 50.2. The summed E-state index contributed by atoms with van der Waals surface area (Å²) in [6.07, 6.45) is 61.2. The van der Waals surface area contributed by atoms with Crippen molar-refractivity contribution in [1.29, 1.82) is 0 Å². The lowest BCUT2D eigenvalue weighted by Crippen LogP contribution is -2.29. The highest BCUT2D eigenvalue weighted by Gasteiger charge is 2.23. The van der Waals surface area contributed by atoms with Crippen LogP contribution < -0.4 is 0 Å². The molecule has 0 fully saturated rings. The molecule has 2 N–H and O–H groups in total. The standard InChI is InChI=1S/C55H107O8P/c1-3-5-7-9-11-13-15-17-19-21-23-25-27-29-31-33-35-37-39-41-43-45-47-49-54(56)61-51-53(52-62-64(58,59)60)63-55(57)50-48-46-44-42-40-38-36-34-32-30-28-26-24-22-20-18-16-14-12-10-8-6-4-2/h42,44,53H,3-41,43,45-52H2,1-2H3,(H2,58,59,60)/b44-42+/t53-/m1/s1. The molecule has 0 saturated heterocycles. The third kappa shape index (κ3) is 53.4. The Balaban J connectivity index is 3.75. The Morgan fingerprint density at radius 2 is 0.672 bits per heavy atom. The van der Waals surface area contributed by atoms with Crippen molar-refractivity contribution >= 4 is 19.8 Å². The van der Waals surface area contributed by atoms with Crippen LogP contribution in [-0.2, 0) is 28.2 Å². The largest absolute Gasteiger partial charge is 0.469 e. The van der Waals surface area contributed by atoms with E-state index in [1.807, 2.05) is 0 Å². The van der Waals surface area contributed by atoms with E-state index in [0.29, 0.717) is 6.42 Å². The van der Waals surface area contributed by atoms with E-state index in [1.54, 1.807) is 0 Å². The number of hydrogen-bond acceptors (Lipinski definition) is 6. The van der Waals surface area contributed by atoms with E-state index in [9.17, 15) is 14.2 Å². The molecule has 0 spiro atoms. The minimum atomic E-state index is -4.76. The number of rotatable bonds is 53. The summed E-state index contributed by atoms with van der Waals surface area (Å²) in [6, 6.07) is 0. The number of allylic oxidation sites excluding steroid dienone is 2. The fourth-order valence-electron chi connectivity index (χ4n) is 8.62. The maximum Gasteiger partial charge on any atom is 0.469 e. The van der Waals surface area contributed by atoms with Gasteiger partial charge >= 0.3 is 19.8 Å². The predicted molar refractivity (Wildman–Crippen MR) is 272 cm³/mol. The fraction of sp³-hybridized carbons (Fsp3) is 0.927. The third-order valence-electron chi connectivity index (χ3n) is 12.8. The summed E-state index contributed by atoms with van der Waals surface area (Å²) < 4.78 is 26.6. The average Bonchev–Trinajstić information content (AvgIpc) is 3.27.